The summed E-state index contributed by atoms with van der Waals surface area (Å²) in [5.41, 5.74) is 1.03. The summed E-state index contributed by atoms with van der Waals surface area (Å²) in [7, 11) is 3.04. The molecule has 1 unspecified atom stereocenters. The molecule has 10 heteroatoms. The summed E-state index contributed by atoms with van der Waals surface area (Å²) in [6.45, 7) is 3.20. The van der Waals surface area contributed by atoms with Gasteiger partial charge >= 0.3 is 11.9 Å². The van der Waals surface area contributed by atoms with Gasteiger partial charge < -0.3 is 4.90 Å². The summed E-state index contributed by atoms with van der Waals surface area (Å²) in [6, 6.07) is 11.9. The Hall–Kier alpha value is -3.66. The second-order valence-electron chi connectivity index (χ2n) is 8.96. The third-order valence-corrected chi connectivity index (χ3v) is 6.84. The van der Waals surface area contributed by atoms with Gasteiger partial charge in [0.1, 0.15) is 24.7 Å². The number of fused-ring (bicyclic) bond motifs is 1. The average Bonchev–Trinajstić information content (AvgIpc) is 3.21. The molecule has 2 aromatic rings. The van der Waals surface area contributed by atoms with Crippen LogP contribution in [0.4, 0.5) is 19.3 Å². The van der Waals surface area contributed by atoms with Crippen LogP contribution in [0.2, 0.25) is 0 Å². The number of carbonyl (C=O) groups is 2. The third kappa shape index (κ3) is 4.18. The molecule has 3 amide bonds. The summed E-state index contributed by atoms with van der Waals surface area (Å²) in [4.78, 5) is 37.0. The van der Waals surface area contributed by atoms with Crippen LogP contribution in [0.1, 0.15) is 5.56 Å². The molecule has 2 fully saturated rings. The van der Waals surface area contributed by atoms with Gasteiger partial charge in [0, 0.05) is 45.8 Å². The molecule has 1 atom stereocenters. The fraction of sp³-hybridized carbons (Fsp3) is 0.360. The second-order valence-corrected chi connectivity index (χ2v) is 8.96. The standard InChI is InChI=1S/C25H27F2N6O2/c1-29-23-22(24(34)30(2)25(29)35)33(15-17-7-3-4-8-18(17)26)21(28-23)16-31-11-13-32(14-12-31)20-10-6-5-9-19(20)27/h3-10,22H,11-16H2,1-2H3/q+1. The molecule has 0 N–H and O–H groups in total. The van der Waals surface area contributed by atoms with Crippen molar-refractivity contribution < 1.29 is 22.9 Å². The summed E-state index contributed by atoms with van der Waals surface area (Å²) in [5.74, 6) is -0.0271. The van der Waals surface area contributed by atoms with E-state index >= 15 is 0 Å². The number of imide groups is 1. The number of piperazine rings is 1. The van der Waals surface area contributed by atoms with Crippen molar-refractivity contribution in [2.75, 3.05) is 51.7 Å². The van der Waals surface area contributed by atoms with Crippen LogP contribution in [0.25, 0.3) is 0 Å². The maximum absolute atomic E-state index is 14.5. The first-order valence-electron chi connectivity index (χ1n) is 11.6. The van der Waals surface area contributed by atoms with E-state index in [2.05, 4.69) is 4.90 Å². The predicted octanol–water partition coefficient (Wildman–Crippen LogP) is 2.00. The number of para-hydroxylation sites is 1. The topological polar surface area (TPSA) is 62.5 Å². The SMILES string of the molecule is CN1C(=O)C2C(=NC(CN3CCN(c4ccccc4F)CC3)=[N+]2Cc2ccccc2F)N(C)C1=O. The molecule has 0 aliphatic carbocycles. The minimum absolute atomic E-state index is 0.149. The normalized spacial score (nSPS) is 21.1. The Morgan fingerprint density at radius 3 is 2.26 bits per heavy atom. The lowest BCUT2D eigenvalue weighted by Gasteiger charge is -2.35. The second kappa shape index (κ2) is 9.18. The average molecular weight is 482 g/mol. The predicted molar refractivity (Wildman–Crippen MR) is 128 cm³/mol. The zero-order chi connectivity index (χ0) is 24.7. The van der Waals surface area contributed by atoms with Crippen LogP contribution in [0.3, 0.4) is 0 Å². The van der Waals surface area contributed by atoms with E-state index in [4.69, 9.17) is 4.99 Å². The Morgan fingerprint density at radius 2 is 1.57 bits per heavy atom. The quantitative estimate of drug-likeness (QED) is 0.613. The lowest BCUT2D eigenvalue weighted by atomic mass is 10.1. The molecule has 3 aliphatic heterocycles. The van der Waals surface area contributed by atoms with Crippen LogP contribution in [-0.2, 0) is 11.3 Å². The van der Waals surface area contributed by atoms with E-state index in [-0.39, 0.29) is 24.1 Å². The van der Waals surface area contributed by atoms with Gasteiger partial charge in [-0.25, -0.2) is 18.2 Å². The number of carbonyl (C=O) groups excluding carboxylic acids is 2. The van der Waals surface area contributed by atoms with Crippen molar-refractivity contribution in [3.63, 3.8) is 0 Å². The number of anilines is 1. The molecule has 182 valence electrons. The molecule has 0 spiro atoms. The number of benzene rings is 2. The van der Waals surface area contributed by atoms with Gasteiger partial charge in [-0.3, -0.25) is 19.5 Å². The zero-order valence-corrected chi connectivity index (χ0v) is 19.7. The minimum Gasteiger partial charge on any atom is -0.367 e. The van der Waals surface area contributed by atoms with Crippen LogP contribution in [-0.4, -0.2) is 95.7 Å². The lowest BCUT2D eigenvalue weighted by molar-refractivity contribution is -0.552. The highest BCUT2D eigenvalue weighted by Gasteiger charge is 2.53. The molecule has 8 nitrogen and oxygen atoms in total. The van der Waals surface area contributed by atoms with E-state index in [0.29, 0.717) is 55.6 Å². The fourth-order valence-corrected chi connectivity index (χ4v) is 4.82. The van der Waals surface area contributed by atoms with Gasteiger partial charge in [0.05, 0.1) is 5.69 Å². The van der Waals surface area contributed by atoms with Gasteiger partial charge in [0.2, 0.25) is 0 Å². The molecule has 0 bridgehead atoms. The van der Waals surface area contributed by atoms with Crippen molar-refractivity contribution >= 4 is 29.3 Å². The maximum atomic E-state index is 14.5. The van der Waals surface area contributed by atoms with Crippen LogP contribution < -0.4 is 4.90 Å². The Balaban J connectivity index is 1.41. The fourth-order valence-electron chi connectivity index (χ4n) is 4.82. The van der Waals surface area contributed by atoms with E-state index in [1.807, 2.05) is 11.0 Å². The lowest BCUT2D eigenvalue weighted by Crippen LogP contribution is -2.61. The van der Waals surface area contributed by atoms with Crippen LogP contribution >= 0.6 is 0 Å². The Labute approximate surface area is 202 Å². The number of amides is 3. The molecule has 5 rings (SSSR count). The number of amidine groups is 2. The molecule has 3 heterocycles. The molecule has 0 radical (unpaired) electrons. The number of nitrogens with zero attached hydrogens (tertiary/aromatic N) is 6. The van der Waals surface area contributed by atoms with Gasteiger partial charge in [-0.1, -0.05) is 30.3 Å². The van der Waals surface area contributed by atoms with E-state index in [9.17, 15) is 18.4 Å². The summed E-state index contributed by atoms with van der Waals surface area (Å²) < 4.78 is 30.5. The van der Waals surface area contributed by atoms with Crippen molar-refractivity contribution in [2.24, 2.45) is 4.99 Å². The number of hydrogen-bond acceptors (Lipinski definition) is 5. The van der Waals surface area contributed by atoms with Crippen LogP contribution in [0.15, 0.2) is 53.5 Å². The molecule has 2 saturated heterocycles. The Morgan fingerprint density at radius 1 is 0.914 bits per heavy atom. The van der Waals surface area contributed by atoms with Crippen molar-refractivity contribution in [2.45, 2.75) is 12.6 Å². The number of likely N-dealkylation sites (N-methyl/N-ethyl adjacent to an activating group) is 2. The number of aliphatic imine (C=N–C) groups is 1. The Kier molecular flexibility index (Phi) is 6.06. The molecule has 3 aliphatic rings. The zero-order valence-electron chi connectivity index (χ0n) is 19.7. The number of urea groups is 1. The van der Waals surface area contributed by atoms with Gasteiger partial charge in [0.25, 0.3) is 17.8 Å². The number of hydrogen-bond donors (Lipinski definition) is 0. The molecular weight excluding hydrogens is 454 g/mol. The number of rotatable bonds is 5. The van der Waals surface area contributed by atoms with Gasteiger partial charge in [-0.05, 0) is 23.2 Å². The first kappa shape index (κ1) is 23.1. The van der Waals surface area contributed by atoms with E-state index in [1.165, 1.54) is 24.1 Å². The van der Waals surface area contributed by atoms with Crippen LogP contribution in [0.5, 0.6) is 0 Å². The van der Waals surface area contributed by atoms with Crippen LogP contribution in [0, 0.1) is 11.6 Å². The highest BCUT2D eigenvalue weighted by Crippen LogP contribution is 2.23. The molecule has 0 saturated carbocycles. The Bertz CT molecular complexity index is 1240. The first-order valence-corrected chi connectivity index (χ1v) is 11.6. The van der Waals surface area contributed by atoms with Crippen molar-refractivity contribution in [1.29, 1.82) is 0 Å². The van der Waals surface area contributed by atoms with Gasteiger partial charge in [-0.2, -0.15) is 0 Å². The van der Waals surface area contributed by atoms with E-state index < -0.39 is 12.1 Å². The molecule has 35 heavy (non-hydrogen) atoms. The summed E-state index contributed by atoms with van der Waals surface area (Å²) in [5, 5.41) is 0. The van der Waals surface area contributed by atoms with E-state index in [0.717, 1.165) is 4.90 Å². The molecule has 2 aromatic carbocycles. The molecular formula is C25H27F2N6O2+. The van der Waals surface area contributed by atoms with E-state index in [1.54, 1.807) is 42.0 Å². The molecule has 0 aromatic heterocycles. The van der Waals surface area contributed by atoms with Gasteiger partial charge in [0.15, 0.2) is 0 Å². The summed E-state index contributed by atoms with van der Waals surface area (Å²) >= 11 is 0. The highest BCUT2D eigenvalue weighted by molar-refractivity contribution is 6.23. The monoisotopic (exact) mass is 481 g/mol. The van der Waals surface area contributed by atoms with Crippen molar-refractivity contribution in [1.82, 2.24) is 14.7 Å². The first-order chi connectivity index (χ1) is 16.8. The van der Waals surface area contributed by atoms with Gasteiger partial charge in [-0.15, -0.1) is 0 Å². The smallest absolute Gasteiger partial charge is 0.333 e. The van der Waals surface area contributed by atoms with Crippen molar-refractivity contribution in [3.05, 3.63) is 65.7 Å². The number of halogens is 2. The minimum atomic E-state index is -0.794. The summed E-state index contributed by atoms with van der Waals surface area (Å²) in [6.07, 6.45) is 0. The van der Waals surface area contributed by atoms with Crippen molar-refractivity contribution in [3.8, 4) is 0 Å². The largest absolute Gasteiger partial charge is 0.367 e. The third-order valence-electron chi connectivity index (χ3n) is 6.84. The highest BCUT2D eigenvalue weighted by atomic mass is 19.1. The maximum Gasteiger partial charge on any atom is 0.333 e.